The number of hydrogen-bond acceptors (Lipinski definition) is 9. The van der Waals surface area contributed by atoms with E-state index < -0.39 is 0 Å². The molecular formula is C25H29N5O4S. The molecule has 0 saturated carbocycles. The number of thioether (sulfide) groups is 1. The van der Waals surface area contributed by atoms with Gasteiger partial charge in [0, 0.05) is 61.9 Å². The number of aromatic nitrogens is 2. The van der Waals surface area contributed by atoms with Gasteiger partial charge in [0.15, 0.2) is 5.16 Å². The number of ether oxygens (including phenoxy) is 3. The fourth-order valence-corrected chi connectivity index (χ4v) is 4.40. The summed E-state index contributed by atoms with van der Waals surface area (Å²) in [5, 5.41) is 3.44. The lowest BCUT2D eigenvalue weighted by Crippen LogP contribution is -2.46. The Morgan fingerprint density at radius 2 is 1.51 bits per heavy atom. The molecule has 1 aromatic heterocycles. The van der Waals surface area contributed by atoms with Crippen molar-refractivity contribution in [2.24, 2.45) is 0 Å². The lowest BCUT2D eigenvalue weighted by molar-refractivity contribution is -0.113. The summed E-state index contributed by atoms with van der Waals surface area (Å²) in [6.07, 6.45) is 1.74. The number of piperazine rings is 1. The Hall–Kier alpha value is -3.66. The Balaban J connectivity index is 1.30. The zero-order valence-electron chi connectivity index (χ0n) is 20.1. The fourth-order valence-electron chi connectivity index (χ4n) is 3.77. The Bertz CT molecular complexity index is 1110. The molecule has 1 aliphatic rings. The molecule has 0 radical (unpaired) electrons. The van der Waals surface area contributed by atoms with Crippen LogP contribution in [0, 0.1) is 0 Å². The molecule has 1 amide bonds. The molecule has 9 nitrogen and oxygen atoms in total. The van der Waals surface area contributed by atoms with Crippen LogP contribution in [0.1, 0.15) is 0 Å². The van der Waals surface area contributed by atoms with Gasteiger partial charge in [-0.15, -0.1) is 0 Å². The lowest BCUT2D eigenvalue weighted by atomic mass is 10.2. The van der Waals surface area contributed by atoms with Crippen molar-refractivity contribution in [3.05, 3.63) is 54.7 Å². The summed E-state index contributed by atoms with van der Waals surface area (Å²) in [6, 6.07) is 15.3. The van der Waals surface area contributed by atoms with Crippen molar-refractivity contribution in [2.45, 2.75) is 5.16 Å². The van der Waals surface area contributed by atoms with Gasteiger partial charge in [0.25, 0.3) is 0 Å². The highest BCUT2D eigenvalue weighted by atomic mass is 32.2. The van der Waals surface area contributed by atoms with Crippen LogP contribution < -0.4 is 29.3 Å². The van der Waals surface area contributed by atoms with Gasteiger partial charge in [-0.2, -0.15) is 0 Å². The normalized spacial score (nSPS) is 13.3. The first-order valence-electron chi connectivity index (χ1n) is 11.2. The highest BCUT2D eigenvalue weighted by Gasteiger charge is 2.19. The smallest absolute Gasteiger partial charge is 0.234 e. The molecule has 1 saturated heterocycles. The van der Waals surface area contributed by atoms with Crippen molar-refractivity contribution in [1.29, 1.82) is 0 Å². The number of carbonyl (C=O) groups excluding carboxylic acids is 1. The number of amides is 1. The highest BCUT2D eigenvalue weighted by Crippen LogP contribution is 2.26. The molecule has 0 spiro atoms. The maximum absolute atomic E-state index is 12.5. The number of methoxy groups -OCH3 is 3. The quantitative estimate of drug-likeness (QED) is 0.354. The maximum atomic E-state index is 12.5. The lowest BCUT2D eigenvalue weighted by Gasteiger charge is -2.36. The second kappa shape index (κ2) is 11.7. The van der Waals surface area contributed by atoms with Crippen LogP contribution in [0.4, 0.5) is 17.2 Å². The zero-order chi connectivity index (χ0) is 24.6. The van der Waals surface area contributed by atoms with Gasteiger partial charge in [0.05, 0.1) is 27.1 Å². The van der Waals surface area contributed by atoms with E-state index in [1.807, 2.05) is 18.2 Å². The van der Waals surface area contributed by atoms with Crippen molar-refractivity contribution in [2.75, 3.05) is 68.4 Å². The number of benzene rings is 2. The maximum Gasteiger partial charge on any atom is 0.234 e. The molecule has 35 heavy (non-hydrogen) atoms. The predicted octanol–water partition coefficient (Wildman–Crippen LogP) is 3.56. The van der Waals surface area contributed by atoms with Crippen LogP contribution in [-0.4, -0.2) is 69.1 Å². The van der Waals surface area contributed by atoms with Crippen molar-refractivity contribution in [1.82, 2.24) is 9.97 Å². The molecule has 184 valence electrons. The average Bonchev–Trinajstić information content (AvgIpc) is 2.92. The third kappa shape index (κ3) is 6.48. The minimum Gasteiger partial charge on any atom is -0.497 e. The van der Waals surface area contributed by atoms with E-state index in [1.54, 1.807) is 45.7 Å². The van der Waals surface area contributed by atoms with Gasteiger partial charge in [-0.3, -0.25) is 4.79 Å². The van der Waals surface area contributed by atoms with Gasteiger partial charge >= 0.3 is 0 Å². The summed E-state index contributed by atoms with van der Waals surface area (Å²) >= 11 is 1.30. The van der Waals surface area contributed by atoms with Crippen LogP contribution in [0.15, 0.2) is 59.9 Å². The summed E-state index contributed by atoms with van der Waals surface area (Å²) in [5.74, 6) is 2.97. The minimum absolute atomic E-state index is 0.160. The first-order valence-corrected chi connectivity index (χ1v) is 12.2. The van der Waals surface area contributed by atoms with Crippen molar-refractivity contribution in [3.63, 3.8) is 0 Å². The van der Waals surface area contributed by atoms with Crippen LogP contribution in [0.5, 0.6) is 17.2 Å². The molecule has 0 unspecified atom stereocenters. The van der Waals surface area contributed by atoms with Crippen molar-refractivity contribution in [3.8, 4) is 17.2 Å². The molecule has 0 bridgehead atoms. The predicted molar refractivity (Wildman–Crippen MR) is 138 cm³/mol. The average molecular weight is 496 g/mol. The molecule has 3 aromatic rings. The van der Waals surface area contributed by atoms with Gasteiger partial charge in [-0.1, -0.05) is 11.8 Å². The summed E-state index contributed by atoms with van der Waals surface area (Å²) in [6.45, 7) is 3.49. The SMILES string of the molecule is COc1ccc(N2CCN(c3ccnc(SCC(=O)Nc4cc(OC)cc(OC)c4)n3)CC2)cc1. The molecule has 0 atom stereocenters. The summed E-state index contributed by atoms with van der Waals surface area (Å²) in [7, 11) is 4.81. The third-order valence-corrected chi connectivity index (χ3v) is 6.49. The topological polar surface area (TPSA) is 89.1 Å². The van der Waals surface area contributed by atoms with Crippen LogP contribution >= 0.6 is 11.8 Å². The molecule has 0 aliphatic carbocycles. The second-order valence-electron chi connectivity index (χ2n) is 7.81. The second-order valence-corrected chi connectivity index (χ2v) is 8.75. The highest BCUT2D eigenvalue weighted by molar-refractivity contribution is 7.99. The number of carbonyl (C=O) groups is 1. The van der Waals surface area contributed by atoms with Gasteiger partial charge < -0.3 is 29.3 Å². The molecular weight excluding hydrogens is 466 g/mol. The largest absolute Gasteiger partial charge is 0.497 e. The minimum atomic E-state index is -0.160. The van der Waals surface area contributed by atoms with Gasteiger partial charge in [0.1, 0.15) is 23.1 Å². The number of rotatable bonds is 9. The molecule has 10 heteroatoms. The summed E-state index contributed by atoms with van der Waals surface area (Å²) < 4.78 is 15.7. The van der Waals surface area contributed by atoms with E-state index in [0.29, 0.717) is 22.3 Å². The van der Waals surface area contributed by atoms with Gasteiger partial charge in [0.2, 0.25) is 5.91 Å². The van der Waals surface area contributed by atoms with E-state index in [4.69, 9.17) is 14.2 Å². The van der Waals surface area contributed by atoms with Crippen LogP contribution in [-0.2, 0) is 4.79 Å². The van der Waals surface area contributed by atoms with E-state index in [-0.39, 0.29) is 11.7 Å². The Morgan fingerprint density at radius 3 is 2.14 bits per heavy atom. The monoisotopic (exact) mass is 495 g/mol. The van der Waals surface area contributed by atoms with E-state index in [2.05, 4.69) is 37.2 Å². The number of hydrogen-bond donors (Lipinski definition) is 1. The van der Waals surface area contributed by atoms with Crippen LogP contribution in [0.25, 0.3) is 0 Å². The number of nitrogens with zero attached hydrogens (tertiary/aromatic N) is 4. The summed E-state index contributed by atoms with van der Waals surface area (Å²) in [5.41, 5.74) is 1.79. The molecule has 2 aromatic carbocycles. The molecule has 2 heterocycles. The molecule has 1 N–H and O–H groups in total. The first kappa shape index (κ1) is 24.5. The van der Waals surface area contributed by atoms with E-state index >= 15 is 0 Å². The number of anilines is 3. The first-order chi connectivity index (χ1) is 17.1. The van der Waals surface area contributed by atoms with Gasteiger partial charge in [-0.25, -0.2) is 9.97 Å². The van der Waals surface area contributed by atoms with Gasteiger partial charge in [-0.05, 0) is 30.3 Å². The zero-order valence-corrected chi connectivity index (χ0v) is 20.9. The Kier molecular flexibility index (Phi) is 8.15. The Morgan fingerprint density at radius 1 is 0.886 bits per heavy atom. The summed E-state index contributed by atoms with van der Waals surface area (Å²) in [4.78, 5) is 26.1. The van der Waals surface area contributed by atoms with Crippen molar-refractivity contribution < 1.29 is 19.0 Å². The van der Waals surface area contributed by atoms with E-state index in [1.165, 1.54) is 17.4 Å². The number of nitrogens with one attached hydrogen (secondary N) is 1. The Labute approximate surface area is 209 Å². The van der Waals surface area contributed by atoms with Crippen LogP contribution in [0.2, 0.25) is 0 Å². The van der Waals surface area contributed by atoms with Crippen LogP contribution in [0.3, 0.4) is 0 Å². The molecule has 4 rings (SSSR count). The standard InChI is InChI=1S/C25H29N5O4S/c1-32-20-6-4-19(5-7-20)29-10-12-30(13-11-29)23-8-9-26-25(28-23)35-17-24(31)27-18-14-21(33-2)16-22(15-18)34-3/h4-9,14-16H,10-13,17H2,1-3H3,(H,27,31). The van der Waals surface area contributed by atoms with E-state index in [9.17, 15) is 4.79 Å². The molecule has 1 fully saturated rings. The van der Waals surface area contributed by atoms with Crippen molar-refractivity contribution >= 4 is 34.9 Å². The van der Waals surface area contributed by atoms with E-state index in [0.717, 1.165) is 37.7 Å². The fraction of sp³-hybridized carbons (Fsp3) is 0.320. The molecule has 1 aliphatic heterocycles. The third-order valence-electron chi connectivity index (χ3n) is 5.63.